The molecule has 2 aromatic rings. The van der Waals surface area contributed by atoms with Gasteiger partial charge in [0.1, 0.15) is 6.07 Å². The number of nitriles is 1. The molecule has 1 heterocycles. The lowest BCUT2D eigenvalue weighted by Gasteiger charge is -2.14. The molecule has 1 aromatic heterocycles. The molecular formula is C18H16ClN3O5. The molecule has 0 saturated heterocycles. The average molecular weight is 390 g/mol. The second kappa shape index (κ2) is 9.40. The summed E-state index contributed by atoms with van der Waals surface area (Å²) in [6, 6.07) is 9.39. The minimum Gasteiger partial charge on any atom is -0.459 e. The molecule has 0 aliphatic rings. The van der Waals surface area contributed by atoms with Crippen molar-refractivity contribution in [2.24, 2.45) is 0 Å². The van der Waals surface area contributed by atoms with Crippen molar-refractivity contribution in [2.45, 2.75) is 19.4 Å². The molecule has 0 aliphatic heterocycles. The SMILES string of the molecule is CC(OC(=O)CCNC(=O)c1ccco1)C(=O)Nc1ccc(C#N)c(Cl)c1. The number of ether oxygens (including phenoxy) is 1. The number of rotatable bonds is 7. The fourth-order valence-electron chi connectivity index (χ4n) is 2.01. The molecule has 140 valence electrons. The number of halogens is 1. The third-order valence-electron chi connectivity index (χ3n) is 3.39. The fraction of sp³-hybridized carbons (Fsp3) is 0.222. The molecule has 2 N–H and O–H groups in total. The molecule has 0 fully saturated rings. The number of hydrogen-bond acceptors (Lipinski definition) is 6. The zero-order valence-electron chi connectivity index (χ0n) is 14.3. The first kappa shape index (κ1) is 20.0. The molecule has 27 heavy (non-hydrogen) atoms. The predicted molar refractivity (Wildman–Crippen MR) is 96.0 cm³/mol. The Labute approximate surface area is 160 Å². The van der Waals surface area contributed by atoms with Gasteiger partial charge >= 0.3 is 5.97 Å². The third kappa shape index (κ3) is 5.87. The molecule has 1 aromatic carbocycles. The van der Waals surface area contributed by atoms with Crippen LogP contribution in [-0.4, -0.2) is 30.4 Å². The average Bonchev–Trinajstić information content (AvgIpc) is 3.16. The summed E-state index contributed by atoms with van der Waals surface area (Å²) in [4.78, 5) is 35.5. The largest absolute Gasteiger partial charge is 0.459 e. The van der Waals surface area contributed by atoms with E-state index in [9.17, 15) is 14.4 Å². The lowest BCUT2D eigenvalue weighted by molar-refractivity contribution is -0.153. The van der Waals surface area contributed by atoms with Crippen LogP contribution in [-0.2, 0) is 14.3 Å². The van der Waals surface area contributed by atoms with Gasteiger partial charge in [-0.3, -0.25) is 14.4 Å². The quantitative estimate of drug-likeness (QED) is 0.701. The van der Waals surface area contributed by atoms with Crippen molar-refractivity contribution in [1.82, 2.24) is 5.32 Å². The fourth-order valence-corrected chi connectivity index (χ4v) is 2.23. The van der Waals surface area contributed by atoms with Crippen molar-refractivity contribution in [1.29, 1.82) is 5.26 Å². The van der Waals surface area contributed by atoms with Crippen molar-refractivity contribution >= 4 is 35.1 Å². The molecular weight excluding hydrogens is 374 g/mol. The Bertz CT molecular complexity index is 874. The first-order valence-corrected chi connectivity index (χ1v) is 8.30. The normalized spacial score (nSPS) is 11.1. The highest BCUT2D eigenvalue weighted by molar-refractivity contribution is 6.32. The van der Waals surface area contributed by atoms with E-state index in [1.165, 1.54) is 37.5 Å². The van der Waals surface area contributed by atoms with Crippen molar-refractivity contribution in [3.05, 3.63) is 52.9 Å². The van der Waals surface area contributed by atoms with Crippen LogP contribution < -0.4 is 10.6 Å². The van der Waals surface area contributed by atoms with Crippen LogP contribution in [0.3, 0.4) is 0 Å². The van der Waals surface area contributed by atoms with Gasteiger partial charge in [0.15, 0.2) is 11.9 Å². The molecule has 2 amide bonds. The van der Waals surface area contributed by atoms with E-state index in [1.807, 2.05) is 6.07 Å². The monoisotopic (exact) mass is 389 g/mol. The minimum atomic E-state index is -1.05. The lowest BCUT2D eigenvalue weighted by Crippen LogP contribution is -2.32. The molecule has 9 heteroatoms. The number of esters is 1. The standard InChI is InChI=1S/C18H16ClN3O5/c1-11(17(24)22-13-5-4-12(10-20)14(19)9-13)27-16(23)6-7-21-18(25)15-3-2-8-26-15/h2-5,8-9,11H,6-7H2,1H3,(H,21,25)(H,22,24). The molecule has 2 rings (SSSR count). The molecule has 0 saturated carbocycles. The van der Waals surface area contributed by atoms with E-state index in [2.05, 4.69) is 10.6 Å². The molecule has 0 radical (unpaired) electrons. The van der Waals surface area contributed by atoms with Gasteiger partial charge in [0.05, 0.1) is 23.3 Å². The van der Waals surface area contributed by atoms with Crippen LogP contribution in [0.1, 0.15) is 29.5 Å². The summed E-state index contributed by atoms with van der Waals surface area (Å²) in [6.07, 6.45) is 0.213. The van der Waals surface area contributed by atoms with Crippen molar-refractivity contribution in [3.63, 3.8) is 0 Å². The number of benzene rings is 1. The summed E-state index contributed by atoms with van der Waals surface area (Å²) < 4.78 is 9.94. The second-order valence-corrected chi connectivity index (χ2v) is 5.82. The number of nitrogens with zero attached hydrogens (tertiary/aromatic N) is 1. The maximum Gasteiger partial charge on any atom is 0.308 e. The van der Waals surface area contributed by atoms with Gasteiger partial charge in [0.2, 0.25) is 0 Å². The summed E-state index contributed by atoms with van der Waals surface area (Å²) in [5.74, 6) is -1.51. The maximum atomic E-state index is 12.1. The summed E-state index contributed by atoms with van der Waals surface area (Å²) in [5, 5.41) is 14.1. The molecule has 1 atom stereocenters. The van der Waals surface area contributed by atoms with E-state index in [-0.39, 0.29) is 29.3 Å². The summed E-state index contributed by atoms with van der Waals surface area (Å²) in [6.45, 7) is 1.46. The maximum absolute atomic E-state index is 12.1. The summed E-state index contributed by atoms with van der Waals surface area (Å²) in [5.41, 5.74) is 0.656. The Morgan fingerprint density at radius 2 is 2.11 bits per heavy atom. The van der Waals surface area contributed by atoms with Gasteiger partial charge in [-0.25, -0.2) is 0 Å². The van der Waals surface area contributed by atoms with Crippen LogP contribution in [0.2, 0.25) is 5.02 Å². The number of carbonyl (C=O) groups is 3. The van der Waals surface area contributed by atoms with E-state index >= 15 is 0 Å². The van der Waals surface area contributed by atoms with Gasteiger partial charge in [-0.1, -0.05) is 11.6 Å². The van der Waals surface area contributed by atoms with Crippen LogP contribution >= 0.6 is 11.6 Å². The zero-order valence-corrected chi connectivity index (χ0v) is 15.1. The second-order valence-electron chi connectivity index (χ2n) is 5.41. The van der Waals surface area contributed by atoms with Gasteiger partial charge in [-0.05, 0) is 37.3 Å². The smallest absolute Gasteiger partial charge is 0.308 e. The Morgan fingerprint density at radius 3 is 2.74 bits per heavy atom. The van der Waals surface area contributed by atoms with Crippen molar-refractivity contribution < 1.29 is 23.5 Å². The highest BCUT2D eigenvalue weighted by atomic mass is 35.5. The first-order chi connectivity index (χ1) is 12.9. The number of anilines is 1. The topological polar surface area (TPSA) is 121 Å². The zero-order chi connectivity index (χ0) is 19.8. The first-order valence-electron chi connectivity index (χ1n) is 7.92. The van der Waals surface area contributed by atoms with E-state index in [0.29, 0.717) is 5.69 Å². The Balaban J connectivity index is 1.76. The van der Waals surface area contributed by atoms with E-state index in [4.69, 9.17) is 26.0 Å². The molecule has 0 spiro atoms. The molecule has 0 bridgehead atoms. The minimum absolute atomic E-state index is 0.0396. The Kier molecular flexibility index (Phi) is 6.97. The van der Waals surface area contributed by atoms with Gasteiger partial charge in [-0.15, -0.1) is 0 Å². The lowest BCUT2D eigenvalue weighted by atomic mass is 10.2. The van der Waals surface area contributed by atoms with E-state index in [1.54, 1.807) is 6.07 Å². The van der Waals surface area contributed by atoms with Crippen molar-refractivity contribution in [3.8, 4) is 6.07 Å². The van der Waals surface area contributed by atoms with Gasteiger partial charge in [0.25, 0.3) is 11.8 Å². The molecule has 1 unspecified atom stereocenters. The van der Waals surface area contributed by atoms with Gasteiger partial charge in [0, 0.05) is 12.2 Å². The van der Waals surface area contributed by atoms with Crippen LogP contribution in [0.25, 0.3) is 0 Å². The number of furan rings is 1. The number of hydrogen-bond donors (Lipinski definition) is 2. The van der Waals surface area contributed by atoms with Crippen LogP contribution in [0.15, 0.2) is 41.0 Å². The number of carbonyl (C=O) groups excluding carboxylic acids is 3. The summed E-state index contributed by atoms with van der Waals surface area (Å²) >= 11 is 5.90. The van der Waals surface area contributed by atoms with Crippen LogP contribution in [0.4, 0.5) is 5.69 Å². The third-order valence-corrected chi connectivity index (χ3v) is 3.71. The Morgan fingerprint density at radius 1 is 1.33 bits per heavy atom. The predicted octanol–water partition coefficient (Wildman–Crippen LogP) is 2.49. The molecule has 0 aliphatic carbocycles. The van der Waals surface area contributed by atoms with Gasteiger partial charge in [-0.2, -0.15) is 5.26 Å². The highest BCUT2D eigenvalue weighted by Gasteiger charge is 2.18. The van der Waals surface area contributed by atoms with Gasteiger partial charge < -0.3 is 19.8 Å². The van der Waals surface area contributed by atoms with Crippen LogP contribution in [0, 0.1) is 11.3 Å². The van der Waals surface area contributed by atoms with E-state index in [0.717, 1.165) is 0 Å². The van der Waals surface area contributed by atoms with Crippen molar-refractivity contribution in [2.75, 3.05) is 11.9 Å². The number of amides is 2. The summed E-state index contributed by atoms with van der Waals surface area (Å²) in [7, 11) is 0. The highest BCUT2D eigenvalue weighted by Crippen LogP contribution is 2.20. The Hall–Kier alpha value is -3.31. The van der Waals surface area contributed by atoms with E-state index < -0.39 is 23.9 Å². The van der Waals surface area contributed by atoms with Crippen LogP contribution in [0.5, 0.6) is 0 Å². The number of nitrogens with one attached hydrogen (secondary N) is 2. The molecule has 8 nitrogen and oxygen atoms in total.